The third kappa shape index (κ3) is 8.51. The van der Waals surface area contributed by atoms with E-state index in [1.54, 1.807) is 17.8 Å². The summed E-state index contributed by atoms with van der Waals surface area (Å²) in [5.74, 6) is -0.347. The van der Waals surface area contributed by atoms with Gasteiger partial charge in [-0.3, -0.25) is 4.79 Å². The Balaban J connectivity index is 0.00000361. The van der Waals surface area contributed by atoms with Crippen LogP contribution in [0.1, 0.15) is 60.2 Å². The van der Waals surface area contributed by atoms with Crippen molar-refractivity contribution >= 4 is 23.6 Å². The molecule has 37 heavy (non-hydrogen) atoms. The van der Waals surface area contributed by atoms with E-state index in [1.165, 1.54) is 11.1 Å². The average molecular weight is 514 g/mol. The zero-order valence-corrected chi connectivity index (χ0v) is 23.2. The molecule has 5 nitrogen and oxygen atoms in total. The van der Waals surface area contributed by atoms with E-state index in [-0.39, 0.29) is 26.2 Å². The minimum atomic E-state index is -1.03. The standard InChI is InChI=1S/C30H35NO4S.Li.H/c1-20(2)24-11-8-6-10-23(24)19-35-18-22-13-14-26(27(17-22)25-12-7-5-9-21(25)3)29(32)31-28(30(33)34)15-16-36-4;;/h5-14,17,20,28H,15-16,18-19H2,1-4H3,(H,31,32)(H,33,34);;/q;+1;-1/t28-;;/m0../s1. The first-order valence-electron chi connectivity index (χ1n) is 12.2. The van der Waals surface area contributed by atoms with Crippen LogP contribution in [-0.2, 0) is 22.7 Å². The second kappa shape index (κ2) is 15.0. The minimum absolute atomic E-state index is 0. The molecule has 0 aliphatic heterocycles. The smallest absolute Gasteiger partial charge is 1.00 e. The van der Waals surface area contributed by atoms with Gasteiger partial charge in [0.25, 0.3) is 5.91 Å². The molecule has 0 aliphatic carbocycles. The van der Waals surface area contributed by atoms with E-state index in [4.69, 9.17) is 4.74 Å². The number of hydrogen-bond acceptors (Lipinski definition) is 4. The zero-order valence-electron chi connectivity index (χ0n) is 23.4. The van der Waals surface area contributed by atoms with Gasteiger partial charge in [-0.15, -0.1) is 0 Å². The van der Waals surface area contributed by atoms with E-state index >= 15 is 0 Å². The Morgan fingerprint density at radius 2 is 1.70 bits per heavy atom. The molecular weight excluding hydrogens is 477 g/mol. The van der Waals surface area contributed by atoms with E-state index < -0.39 is 12.0 Å². The van der Waals surface area contributed by atoms with Crippen LogP contribution in [0.3, 0.4) is 0 Å². The van der Waals surface area contributed by atoms with Crippen molar-refractivity contribution in [3.05, 3.63) is 94.5 Å². The fourth-order valence-corrected chi connectivity index (χ4v) is 4.69. The summed E-state index contributed by atoms with van der Waals surface area (Å²) < 4.78 is 6.08. The molecule has 1 amide bonds. The topological polar surface area (TPSA) is 75.6 Å². The van der Waals surface area contributed by atoms with Crippen LogP contribution in [0.5, 0.6) is 0 Å². The number of aliphatic carboxylic acids is 1. The number of benzene rings is 3. The Labute approximate surface area is 238 Å². The van der Waals surface area contributed by atoms with Gasteiger partial charge < -0.3 is 16.6 Å². The molecule has 0 bridgehead atoms. The van der Waals surface area contributed by atoms with Crippen molar-refractivity contribution in [2.75, 3.05) is 12.0 Å². The van der Waals surface area contributed by atoms with Gasteiger partial charge in [0.1, 0.15) is 6.04 Å². The van der Waals surface area contributed by atoms with E-state index in [1.807, 2.05) is 61.7 Å². The summed E-state index contributed by atoms with van der Waals surface area (Å²) in [4.78, 5) is 24.9. The maximum atomic E-state index is 13.2. The quantitative estimate of drug-likeness (QED) is 0.363. The van der Waals surface area contributed by atoms with Gasteiger partial charge in [0.2, 0.25) is 0 Å². The predicted octanol–water partition coefficient (Wildman–Crippen LogP) is 3.55. The SMILES string of the molecule is CSCC[C@H](NC(=O)c1ccc(COCc2ccccc2C(C)C)cc1-c1ccccc1C)C(=O)O.[H-].[Li+]. The number of ether oxygens (including phenoxy) is 1. The summed E-state index contributed by atoms with van der Waals surface area (Å²) in [7, 11) is 0. The van der Waals surface area contributed by atoms with Crippen LogP contribution in [0, 0.1) is 6.92 Å². The maximum absolute atomic E-state index is 13.2. The van der Waals surface area contributed by atoms with Gasteiger partial charge in [0.05, 0.1) is 13.2 Å². The minimum Gasteiger partial charge on any atom is -1.00 e. The van der Waals surface area contributed by atoms with Gasteiger partial charge in [0, 0.05) is 5.56 Å². The number of amides is 1. The predicted molar refractivity (Wildman–Crippen MR) is 149 cm³/mol. The molecule has 3 rings (SSSR count). The Morgan fingerprint density at radius 1 is 1.00 bits per heavy atom. The molecule has 7 heteroatoms. The molecule has 0 saturated carbocycles. The van der Waals surface area contributed by atoms with Crippen LogP contribution >= 0.6 is 11.8 Å². The number of aryl methyl sites for hydroxylation is 1. The molecule has 0 fully saturated rings. The van der Waals surface area contributed by atoms with Crippen molar-refractivity contribution in [2.24, 2.45) is 0 Å². The molecule has 0 radical (unpaired) electrons. The van der Waals surface area contributed by atoms with Gasteiger partial charge in [-0.25, -0.2) is 4.79 Å². The van der Waals surface area contributed by atoms with Gasteiger partial charge in [-0.05, 0) is 76.8 Å². The van der Waals surface area contributed by atoms with Crippen LogP contribution in [0.2, 0.25) is 0 Å². The van der Waals surface area contributed by atoms with Crippen molar-refractivity contribution in [1.82, 2.24) is 5.32 Å². The van der Waals surface area contributed by atoms with E-state index in [0.717, 1.165) is 22.3 Å². The normalized spacial score (nSPS) is 11.6. The number of carbonyl (C=O) groups excluding carboxylic acids is 1. The number of carboxylic acid groups (broad SMARTS) is 1. The number of thioether (sulfide) groups is 1. The largest absolute Gasteiger partial charge is 1.00 e. The molecule has 1 atom stereocenters. The van der Waals surface area contributed by atoms with E-state index in [2.05, 4.69) is 31.3 Å². The first-order chi connectivity index (χ1) is 17.3. The summed E-state index contributed by atoms with van der Waals surface area (Å²) in [5, 5.41) is 12.3. The van der Waals surface area contributed by atoms with E-state index in [9.17, 15) is 14.7 Å². The fraction of sp³-hybridized carbons (Fsp3) is 0.333. The molecule has 3 aromatic rings. The molecule has 0 aromatic heterocycles. The molecular formula is C30H36LiNO4S. The number of hydrogen-bond donors (Lipinski definition) is 2. The molecule has 0 aliphatic rings. The molecule has 0 unspecified atom stereocenters. The molecule has 0 spiro atoms. The van der Waals surface area contributed by atoms with Gasteiger partial charge >= 0.3 is 24.8 Å². The van der Waals surface area contributed by atoms with Crippen LogP contribution in [0.25, 0.3) is 11.1 Å². The average Bonchev–Trinajstić information content (AvgIpc) is 2.86. The molecule has 0 heterocycles. The Morgan fingerprint density at radius 3 is 2.38 bits per heavy atom. The summed E-state index contributed by atoms with van der Waals surface area (Å²) in [6.45, 7) is 7.26. The molecule has 0 saturated heterocycles. The second-order valence-corrected chi connectivity index (χ2v) is 10.2. The summed E-state index contributed by atoms with van der Waals surface area (Å²) in [6.07, 6.45) is 2.28. The van der Waals surface area contributed by atoms with Crippen molar-refractivity contribution in [3.8, 4) is 11.1 Å². The second-order valence-electron chi connectivity index (χ2n) is 9.19. The summed E-state index contributed by atoms with van der Waals surface area (Å²) in [5.41, 5.74) is 6.59. The van der Waals surface area contributed by atoms with Crippen molar-refractivity contribution in [2.45, 2.75) is 52.4 Å². The number of nitrogens with one attached hydrogen (secondary N) is 1. The van der Waals surface area contributed by atoms with Crippen molar-refractivity contribution in [3.63, 3.8) is 0 Å². The summed E-state index contributed by atoms with van der Waals surface area (Å²) >= 11 is 1.55. The van der Waals surface area contributed by atoms with Crippen LogP contribution in [0.15, 0.2) is 66.7 Å². The van der Waals surface area contributed by atoms with Gasteiger partial charge in [-0.1, -0.05) is 68.4 Å². The van der Waals surface area contributed by atoms with Gasteiger partial charge in [0.15, 0.2) is 0 Å². The summed E-state index contributed by atoms with van der Waals surface area (Å²) in [6, 6.07) is 20.9. The number of carboxylic acids is 1. The Hall–Kier alpha value is -2.49. The van der Waals surface area contributed by atoms with Crippen molar-refractivity contribution in [1.29, 1.82) is 0 Å². The Bertz CT molecular complexity index is 1200. The van der Waals surface area contributed by atoms with Crippen LogP contribution in [-0.4, -0.2) is 35.0 Å². The molecule has 3 aromatic carbocycles. The maximum Gasteiger partial charge on any atom is 1.00 e. The van der Waals surface area contributed by atoms with Crippen molar-refractivity contribution < 1.29 is 39.7 Å². The third-order valence-corrected chi connectivity index (χ3v) is 6.83. The molecule has 2 N–H and O–H groups in total. The van der Waals surface area contributed by atoms with E-state index in [0.29, 0.717) is 36.9 Å². The number of rotatable bonds is 12. The zero-order chi connectivity index (χ0) is 26.1. The fourth-order valence-electron chi connectivity index (χ4n) is 4.21. The monoisotopic (exact) mass is 513 g/mol. The Kier molecular flexibility index (Phi) is 12.5. The first kappa shape index (κ1) is 30.7. The van der Waals surface area contributed by atoms with Crippen LogP contribution in [0.4, 0.5) is 0 Å². The molecule has 192 valence electrons. The third-order valence-electron chi connectivity index (χ3n) is 6.18. The van der Waals surface area contributed by atoms with Crippen LogP contribution < -0.4 is 24.2 Å². The van der Waals surface area contributed by atoms with Gasteiger partial charge in [-0.2, -0.15) is 11.8 Å². The number of carbonyl (C=O) groups is 2. The first-order valence-corrected chi connectivity index (χ1v) is 13.6.